The zero-order valence-corrected chi connectivity index (χ0v) is 15.8. The van der Waals surface area contributed by atoms with E-state index >= 15 is 0 Å². The molecule has 0 fully saturated rings. The molecule has 132 valence electrons. The normalized spacial score (nSPS) is 11.9. The molecule has 0 amide bonds. The van der Waals surface area contributed by atoms with Crippen molar-refractivity contribution in [3.05, 3.63) is 84.4 Å². The maximum atomic E-state index is 13.3. The van der Waals surface area contributed by atoms with Crippen molar-refractivity contribution in [2.45, 2.75) is 16.2 Å². The van der Waals surface area contributed by atoms with E-state index in [9.17, 15) is 8.42 Å². The third-order valence-corrected chi connectivity index (χ3v) is 6.76. The lowest BCUT2D eigenvalue weighted by atomic mass is 10.2. The molecular formula is C20H17NO3S2. The number of thioether (sulfide) groups is 1. The number of hydrogen-bond acceptors (Lipinski definition) is 4. The van der Waals surface area contributed by atoms with Crippen LogP contribution in [0.5, 0.6) is 0 Å². The summed E-state index contributed by atoms with van der Waals surface area (Å²) in [6, 6.07) is 19.9. The van der Waals surface area contributed by atoms with Crippen LogP contribution < -0.4 is 0 Å². The van der Waals surface area contributed by atoms with Gasteiger partial charge in [0.15, 0.2) is 0 Å². The van der Waals surface area contributed by atoms with E-state index in [1.54, 1.807) is 54.4 Å². The second kappa shape index (κ2) is 6.70. The molecule has 2 aromatic carbocycles. The maximum absolute atomic E-state index is 13.3. The van der Waals surface area contributed by atoms with Gasteiger partial charge in [0, 0.05) is 22.4 Å². The highest BCUT2D eigenvalue weighted by atomic mass is 32.2. The maximum Gasteiger partial charge on any atom is 0.268 e. The molecule has 0 unspecified atom stereocenters. The van der Waals surface area contributed by atoms with Crippen molar-refractivity contribution < 1.29 is 12.8 Å². The Morgan fingerprint density at radius 1 is 1.00 bits per heavy atom. The van der Waals surface area contributed by atoms with Crippen molar-refractivity contribution in [3.63, 3.8) is 0 Å². The van der Waals surface area contributed by atoms with Crippen LogP contribution >= 0.6 is 11.8 Å². The fourth-order valence-electron chi connectivity index (χ4n) is 3.05. The summed E-state index contributed by atoms with van der Waals surface area (Å²) in [5.74, 6) is 0.724. The predicted octanol–water partition coefficient (Wildman–Crippen LogP) is 4.78. The number of furan rings is 1. The van der Waals surface area contributed by atoms with Crippen molar-refractivity contribution in [3.8, 4) is 0 Å². The molecule has 0 saturated carbocycles. The number of fused-ring (bicyclic) bond motifs is 1. The Hall–Kier alpha value is -2.44. The molecule has 4 rings (SSSR count). The predicted molar refractivity (Wildman–Crippen MR) is 104 cm³/mol. The van der Waals surface area contributed by atoms with Gasteiger partial charge < -0.3 is 4.42 Å². The summed E-state index contributed by atoms with van der Waals surface area (Å²) in [4.78, 5) is 1.36. The van der Waals surface area contributed by atoms with Crippen molar-refractivity contribution in [1.82, 2.24) is 3.97 Å². The van der Waals surface area contributed by atoms with Crippen LogP contribution in [0.1, 0.15) is 11.5 Å². The lowest BCUT2D eigenvalue weighted by Crippen LogP contribution is -2.15. The van der Waals surface area contributed by atoms with Gasteiger partial charge >= 0.3 is 0 Å². The Bertz CT molecular complexity index is 1140. The fourth-order valence-corrected chi connectivity index (χ4v) is 5.06. The van der Waals surface area contributed by atoms with Gasteiger partial charge in [0.2, 0.25) is 0 Å². The molecule has 0 aliphatic carbocycles. The molecule has 0 N–H and O–H groups in total. The van der Waals surface area contributed by atoms with Crippen LogP contribution in [0.25, 0.3) is 10.9 Å². The summed E-state index contributed by atoms with van der Waals surface area (Å²) in [7, 11) is -3.71. The first kappa shape index (κ1) is 17.0. The molecule has 0 saturated heterocycles. The summed E-state index contributed by atoms with van der Waals surface area (Å²) < 4.78 is 33.6. The number of benzene rings is 2. The molecule has 2 aromatic heterocycles. The molecular weight excluding hydrogens is 366 g/mol. The third-order valence-electron chi connectivity index (χ3n) is 4.25. The Labute approximate surface area is 156 Å². The monoisotopic (exact) mass is 383 g/mol. The van der Waals surface area contributed by atoms with Crippen LogP contribution in [-0.2, 0) is 16.4 Å². The first-order chi connectivity index (χ1) is 12.6. The molecule has 6 heteroatoms. The van der Waals surface area contributed by atoms with Crippen molar-refractivity contribution in [1.29, 1.82) is 0 Å². The molecule has 0 radical (unpaired) electrons. The molecule has 0 aliphatic heterocycles. The number of aromatic nitrogens is 1. The van der Waals surface area contributed by atoms with Crippen LogP contribution in [-0.4, -0.2) is 18.6 Å². The van der Waals surface area contributed by atoms with Crippen LogP contribution in [0.4, 0.5) is 0 Å². The quantitative estimate of drug-likeness (QED) is 0.465. The third kappa shape index (κ3) is 2.95. The standard InChI is InChI=1S/C20H17NO3S2/c1-25-18-9-10-20-15(13-18)12-16(14-17-6-5-11-24-17)21(20)26(22,23)19-7-3-2-4-8-19/h2-13H,14H2,1H3. The second-order valence-electron chi connectivity index (χ2n) is 5.90. The topological polar surface area (TPSA) is 52.2 Å². The Morgan fingerprint density at radius 3 is 2.50 bits per heavy atom. The minimum atomic E-state index is -3.71. The Balaban J connectivity index is 1.96. The van der Waals surface area contributed by atoms with Gasteiger partial charge in [-0.3, -0.25) is 0 Å². The summed E-state index contributed by atoms with van der Waals surface area (Å²) in [6.07, 6.45) is 4.00. The van der Waals surface area contributed by atoms with E-state index in [1.807, 2.05) is 36.6 Å². The summed E-state index contributed by atoms with van der Waals surface area (Å²) in [5.41, 5.74) is 1.35. The van der Waals surface area contributed by atoms with Gasteiger partial charge in [0.1, 0.15) is 5.76 Å². The highest BCUT2D eigenvalue weighted by Crippen LogP contribution is 2.30. The van der Waals surface area contributed by atoms with Crippen LogP contribution in [0.3, 0.4) is 0 Å². The molecule has 0 atom stereocenters. The van der Waals surface area contributed by atoms with E-state index in [2.05, 4.69) is 0 Å². The first-order valence-electron chi connectivity index (χ1n) is 8.11. The van der Waals surface area contributed by atoms with Crippen molar-refractivity contribution in [2.24, 2.45) is 0 Å². The molecule has 2 heterocycles. The number of nitrogens with zero attached hydrogens (tertiary/aromatic N) is 1. The van der Waals surface area contributed by atoms with E-state index in [0.29, 0.717) is 17.6 Å². The summed E-state index contributed by atoms with van der Waals surface area (Å²) in [5, 5.41) is 0.901. The minimum absolute atomic E-state index is 0.270. The largest absolute Gasteiger partial charge is 0.469 e. The van der Waals surface area contributed by atoms with E-state index in [-0.39, 0.29) is 4.90 Å². The lowest BCUT2D eigenvalue weighted by Gasteiger charge is -2.11. The molecule has 4 aromatic rings. The van der Waals surface area contributed by atoms with Crippen molar-refractivity contribution in [2.75, 3.05) is 6.26 Å². The molecule has 0 aliphatic rings. The average molecular weight is 383 g/mol. The molecule has 26 heavy (non-hydrogen) atoms. The SMILES string of the molecule is CSc1ccc2c(c1)cc(Cc1ccco1)n2S(=O)(=O)c1ccccc1. The zero-order chi connectivity index (χ0) is 18.1. The van der Waals surface area contributed by atoms with Gasteiger partial charge in [-0.1, -0.05) is 18.2 Å². The van der Waals surface area contributed by atoms with Crippen molar-refractivity contribution >= 4 is 32.7 Å². The smallest absolute Gasteiger partial charge is 0.268 e. The second-order valence-corrected chi connectivity index (χ2v) is 8.57. The van der Waals surface area contributed by atoms with Gasteiger partial charge in [-0.15, -0.1) is 11.8 Å². The molecule has 0 spiro atoms. The van der Waals surface area contributed by atoms with Crippen LogP contribution in [0.15, 0.2) is 87.2 Å². The zero-order valence-electron chi connectivity index (χ0n) is 14.1. The minimum Gasteiger partial charge on any atom is -0.469 e. The number of hydrogen-bond donors (Lipinski definition) is 0. The Kier molecular flexibility index (Phi) is 4.38. The van der Waals surface area contributed by atoms with E-state index in [4.69, 9.17) is 4.42 Å². The van der Waals surface area contributed by atoms with Gasteiger partial charge in [-0.25, -0.2) is 12.4 Å². The van der Waals surface area contributed by atoms with Gasteiger partial charge in [0.05, 0.1) is 16.7 Å². The van der Waals surface area contributed by atoms with Gasteiger partial charge in [-0.2, -0.15) is 0 Å². The van der Waals surface area contributed by atoms with Crippen LogP contribution in [0, 0.1) is 0 Å². The lowest BCUT2D eigenvalue weighted by molar-refractivity contribution is 0.518. The molecule has 4 nitrogen and oxygen atoms in total. The average Bonchev–Trinajstić information content (AvgIpc) is 3.29. The summed E-state index contributed by atoms with van der Waals surface area (Å²) >= 11 is 1.63. The Morgan fingerprint density at radius 2 is 1.81 bits per heavy atom. The van der Waals surface area contributed by atoms with E-state index in [1.165, 1.54) is 3.97 Å². The highest BCUT2D eigenvalue weighted by Gasteiger charge is 2.23. The fraction of sp³-hybridized carbons (Fsp3) is 0.100. The summed E-state index contributed by atoms with van der Waals surface area (Å²) in [6.45, 7) is 0. The van der Waals surface area contributed by atoms with Crippen LogP contribution in [0.2, 0.25) is 0 Å². The van der Waals surface area contributed by atoms with Gasteiger partial charge in [0.25, 0.3) is 10.0 Å². The first-order valence-corrected chi connectivity index (χ1v) is 10.8. The highest BCUT2D eigenvalue weighted by molar-refractivity contribution is 7.98. The van der Waals surface area contributed by atoms with E-state index in [0.717, 1.165) is 16.0 Å². The molecule has 0 bridgehead atoms. The van der Waals surface area contributed by atoms with Gasteiger partial charge in [-0.05, 0) is 54.8 Å². The van der Waals surface area contributed by atoms with E-state index < -0.39 is 10.0 Å². The number of rotatable bonds is 5.